The third-order valence-corrected chi connectivity index (χ3v) is 3.87. The van der Waals surface area contributed by atoms with Gasteiger partial charge in [-0.1, -0.05) is 6.07 Å². The zero-order valence-corrected chi connectivity index (χ0v) is 11.2. The van der Waals surface area contributed by atoms with Gasteiger partial charge in [-0.3, -0.25) is 4.90 Å². The van der Waals surface area contributed by atoms with Crippen LogP contribution in [0.3, 0.4) is 0 Å². The molecule has 16 heavy (non-hydrogen) atoms. The summed E-state index contributed by atoms with van der Waals surface area (Å²) in [7, 11) is 3.84. The number of likely N-dealkylation sites (N-methyl/N-ethyl adjacent to an activating group) is 1. The van der Waals surface area contributed by atoms with E-state index in [-0.39, 0.29) is 6.04 Å². The summed E-state index contributed by atoms with van der Waals surface area (Å²) in [5, 5.41) is 2.12. The molecule has 0 amide bonds. The average Bonchev–Trinajstić information content (AvgIpc) is 2.78. The minimum Gasteiger partial charge on any atom is -0.385 e. The summed E-state index contributed by atoms with van der Waals surface area (Å²) >= 11 is 1.80. The molecule has 3 nitrogen and oxygen atoms in total. The lowest BCUT2D eigenvalue weighted by molar-refractivity contribution is 0.173. The van der Waals surface area contributed by atoms with E-state index in [1.165, 1.54) is 4.88 Å². The third kappa shape index (κ3) is 4.22. The highest BCUT2D eigenvalue weighted by Crippen LogP contribution is 2.23. The van der Waals surface area contributed by atoms with Crippen molar-refractivity contribution in [3.63, 3.8) is 0 Å². The van der Waals surface area contributed by atoms with Gasteiger partial charge in [0.1, 0.15) is 0 Å². The fourth-order valence-corrected chi connectivity index (χ4v) is 2.48. The molecule has 0 saturated heterocycles. The highest BCUT2D eigenvalue weighted by atomic mass is 32.1. The standard InChI is InChI=1S/C12H22N2OS/c1-10(12-5-4-8-16-12)14(2)9-11(13)6-7-15-3/h4-5,8,10-11H,6-7,9,13H2,1-3H3. The molecule has 4 heteroatoms. The first-order valence-electron chi connectivity index (χ1n) is 5.63. The summed E-state index contributed by atoms with van der Waals surface area (Å²) in [6.07, 6.45) is 0.915. The predicted molar refractivity (Wildman–Crippen MR) is 69.8 cm³/mol. The van der Waals surface area contributed by atoms with Gasteiger partial charge in [-0.2, -0.15) is 0 Å². The van der Waals surface area contributed by atoms with Crippen LogP contribution in [0.25, 0.3) is 0 Å². The van der Waals surface area contributed by atoms with Crippen LogP contribution in [0.15, 0.2) is 17.5 Å². The minimum absolute atomic E-state index is 0.187. The summed E-state index contributed by atoms with van der Waals surface area (Å²) in [5.41, 5.74) is 6.03. The molecule has 0 aliphatic rings. The zero-order valence-electron chi connectivity index (χ0n) is 10.3. The van der Waals surface area contributed by atoms with Crippen molar-refractivity contribution in [2.24, 2.45) is 5.73 Å². The molecule has 0 fully saturated rings. The molecule has 1 aromatic heterocycles. The lowest BCUT2D eigenvalue weighted by Crippen LogP contribution is -2.37. The molecule has 0 saturated carbocycles. The zero-order chi connectivity index (χ0) is 12.0. The van der Waals surface area contributed by atoms with Crippen LogP contribution >= 0.6 is 11.3 Å². The van der Waals surface area contributed by atoms with Crippen LogP contribution in [-0.2, 0) is 4.74 Å². The van der Waals surface area contributed by atoms with Crippen LogP contribution in [0, 0.1) is 0 Å². The third-order valence-electron chi connectivity index (χ3n) is 2.83. The van der Waals surface area contributed by atoms with Crippen LogP contribution in [0.4, 0.5) is 0 Å². The van der Waals surface area contributed by atoms with Crippen molar-refractivity contribution in [1.29, 1.82) is 0 Å². The molecule has 0 aliphatic heterocycles. The molecule has 2 unspecified atom stereocenters. The number of rotatable bonds is 7. The van der Waals surface area contributed by atoms with Gasteiger partial charge in [-0.15, -0.1) is 11.3 Å². The summed E-state index contributed by atoms with van der Waals surface area (Å²) in [6, 6.07) is 4.89. The quantitative estimate of drug-likeness (QED) is 0.796. The summed E-state index contributed by atoms with van der Waals surface area (Å²) < 4.78 is 5.03. The van der Waals surface area contributed by atoms with Gasteiger partial charge in [-0.05, 0) is 31.8 Å². The second-order valence-corrected chi connectivity index (χ2v) is 5.15. The lowest BCUT2D eigenvalue weighted by atomic mass is 10.2. The largest absolute Gasteiger partial charge is 0.385 e. The molecule has 1 heterocycles. The van der Waals surface area contributed by atoms with Gasteiger partial charge in [0.2, 0.25) is 0 Å². The van der Waals surface area contributed by atoms with Crippen molar-refractivity contribution in [3.8, 4) is 0 Å². The van der Waals surface area contributed by atoms with Gasteiger partial charge in [-0.25, -0.2) is 0 Å². The number of methoxy groups -OCH3 is 1. The van der Waals surface area contributed by atoms with Crippen LogP contribution in [0.1, 0.15) is 24.3 Å². The van der Waals surface area contributed by atoms with E-state index in [1.807, 2.05) is 0 Å². The SMILES string of the molecule is COCCC(N)CN(C)C(C)c1cccs1. The van der Waals surface area contributed by atoms with E-state index in [0.717, 1.165) is 19.6 Å². The normalized spacial score (nSPS) is 15.3. The van der Waals surface area contributed by atoms with E-state index < -0.39 is 0 Å². The van der Waals surface area contributed by atoms with Crippen molar-refractivity contribution < 1.29 is 4.74 Å². The van der Waals surface area contributed by atoms with E-state index in [4.69, 9.17) is 10.5 Å². The first-order valence-corrected chi connectivity index (χ1v) is 6.51. The van der Waals surface area contributed by atoms with Crippen molar-refractivity contribution in [2.75, 3.05) is 27.3 Å². The van der Waals surface area contributed by atoms with Crippen LogP contribution in [0.5, 0.6) is 0 Å². The van der Waals surface area contributed by atoms with Crippen LogP contribution < -0.4 is 5.73 Å². The molecule has 0 spiro atoms. The molecule has 2 N–H and O–H groups in total. The number of hydrogen-bond acceptors (Lipinski definition) is 4. The maximum absolute atomic E-state index is 6.03. The summed E-state index contributed by atoms with van der Waals surface area (Å²) in [6.45, 7) is 3.86. The molecule has 0 aliphatic carbocycles. The fourth-order valence-electron chi connectivity index (χ4n) is 1.63. The van der Waals surface area contributed by atoms with Crippen molar-refractivity contribution in [3.05, 3.63) is 22.4 Å². The summed E-state index contributed by atoms with van der Waals surface area (Å²) in [5.74, 6) is 0. The Morgan fingerprint density at radius 3 is 2.88 bits per heavy atom. The van der Waals surface area contributed by atoms with Gasteiger partial charge in [0.25, 0.3) is 0 Å². The highest BCUT2D eigenvalue weighted by Gasteiger charge is 2.15. The van der Waals surface area contributed by atoms with Gasteiger partial charge in [0, 0.05) is 37.2 Å². The maximum atomic E-state index is 6.03. The molecule has 2 atom stereocenters. The van der Waals surface area contributed by atoms with E-state index in [0.29, 0.717) is 6.04 Å². The van der Waals surface area contributed by atoms with Crippen molar-refractivity contribution >= 4 is 11.3 Å². The van der Waals surface area contributed by atoms with Crippen molar-refractivity contribution in [1.82, 2.24) is 4.90 Å². The Balaban J connectivity index is 2.36. The Morgan fingerprint density at radius 2 is 2.31 bits per heavy atom. The Kier molecular flexibility index (Phi) is 5.98. The second kappa shape index (κ2) is 7.01. The van der Waals surface area contributed by atoms with E-state index >= 15 is 0 Å². The molecular weight excluding hydrogens is 220 g/mol. The molecule has 0 radical (unpaired) electrons. The first kappa shape index (κ1) is 13.6. The van der Waals surface area contributed by atoms with Crippen molar-refractivity contribution in [2.45, 2.75) is 25.4 Å². The van der Waals surface area contributed by atoms with E-state index in [2.05, 4.69) is 36.4 Å². The number of thiophene rings is 1. The highest BCUT2D eigenvalue weighted by molar-refractivity contribution is 7.10. The Morgan fingerprint density at radius 1 is 1.56 bits per heavy atom. The van der Waals surface area contributed by atoms with E-state index in [9.17, 15) is 0 Å². The Labute approximate surface area is 102 Å². The Bertz CT molecular complexity index is 277. The molecule has 1 aromatic rings. The minimum atomic E-state index is 0.187. The van der Waals surface area contributed by atoms with Gasteiger partial charge < -0.3 is 10.5 Å². The maximum Gasteiger partial charge on any atom is 0.0477 e. The molecule has 0 aromatic carbocycles. The van der Waals surface area contributed by atoms with Gasteiger partial charge in [0.15, 0.2) is 0 Å². The average molecular weight is 242 g/mol. The number of hydrogen-bond donors (Lipinski definition) is 1. The number of ether oxygens (including phenoxy) is 1. The topological polar surface area (TPSA) is 38.5 Å². The van der Waals surface area contributed by atoms with Gasteiger partial charge >= 0.3 is 0 Å². The predicted octanol–water partition coefficient (Wildman–Crippen LogP) is 2.10. The second-order valence-electron chi connectivity index (χ2n) is 4.17. The number of nitrogens with two attached hydrogens (primary N) is 1. The molecule has 0 bridgehead atoms. The molecular formula is C12H22N2OS. The number of nitrogens with zero attached hydrogens (tertiary/aromatic N) is 1. The van der Waals surface area contributed by atoms with Crippen LogP contribution in [-0.4, -0.2) is 38.3 Å². The smallest absolute Gasteiger partial charge is 0.0477 e. The summed E-state index contributed by atoms with van der Waals surface area (Å²) in [4.78, 5) is 3.69. The Hall–Kier alpha value is -0.420. The first-order chi connectivity index (χ1) is 7.65. The van der Waals surface area contributed by atoms with Crippen LogP contribution in [0.2, 0.25) is 0 Å². The lowest BCUT2D eigenvalue weighted by Gasteiger charge is -2.26. The fraction of sp³-hybridized carbons (Fsp3) is 0.667. The molecule has 1 rings (SSSR count). The van der Waals surface area contributed by atoms with Gasteiger partial charge in [0.05, 0.1) is 0 Å². The monoisotopic (exact) mass is 242 g/mol. The van der Waals surface area contributed by atoms with E-state index in [1.54, 1.807) is 18.4 Å². The molecule has 92 valence electrons.